The number of hydrogen-bond donors (Lipinski definition) is 0. The fraction of sp³-hybridized carbons (Fsp3) is 0.350. The standard InChI is InChI=1S/C20H23N5OS/c1-16(27-20-22-21-18-9-5-6-10-25(18)20)19(26)24-13-11-23(12-14-24)15-17-7-3-2-4-8-17/h2-10,16H,11-15H2,1H3. The van der Waals surface area contributed by atoms with Crippen LogP contribution in [-0.4, -0.2) is 61.7 Å². The van der Waals surface area contributed by atoms with Crippen LogP contribution in [0, 0.1) is 0 Å². The third kappa shape index (κ3) is 4.14. The van der Waals surface area contributed by atoms with Crippen molar-refractivity contribution in [2.45, 2.75) is 23.9 Å². The van der Waals surface area contributed by atoms with Crippen molar-refractivity contribution in [2.24, 2.45) is 0 Å². The van der Waals surface area contributed by atoms with Crippen LogP contribution in [0.3, 0.4) is 0 Å². The molecule has 1 aromatic carbocycles. The summed E-state index contributed by atoms with van der Waals surface area (Å²) >= 11 is 1.47. The second kappa shape index (κ2) is 8.10. The summed E-state index contributed by atoms with van der Waals surface area (Å²) in [6, 6.07) is 16.3. The van der Waals surface area contributed by atoms with Gasteiger partial charge in [0.05, 0.1) is 5.25 Å². The monoisotopic (exact) mass is 381 g/mol. The van der Waals surface area contributed by atoms with Crippen LogP contribution < -0.4 is 0 Å². The predicted octanol–water partition coefficient (Wildman–Crippen LogP) is 2.55. The summed E-state index contributed by atoms with van der Waals surface area (Å²) in [7, 11) is 0. The highest BCUT2D eigenvalue weighted by molar-refractivity contribution is 8.00. The van der Waals surface area contributed by atoms with Gasteiger partial charge in [-0.3, -0.25) is 14.1 Å². The Morgan fingerprint density at radius 1 is 1.04 bits per heavy atom. The van der Waals surface area contributed by atoms with E-state index in [1.54, 1.807) is 0 Å². The molecule has 0 N–H and O–H groups in total. The molecule has 1 aliphatic rings. The van der Waals surface area contributed by atoms with Gasteiger partial charge >= 0.3 is 0 Å². The summed E-state index contributed by atoms with van der Waals surface area (Å²) < 4.78 is 1.92. The van der Waals surface area contributed by atoms with Gasteiger partial charge in [-0.2, -0.15) is 0 Å². The largest absolute Gasteiger partial charge is 0.339 e. The third-order valence-corrected chi connectivity index (χ3v) is 5.89. The van der Waals surface area contributed by atoms with Crippen LogP contribution in [0.25, 0.3) is 5.65 Å². The van der Waals surface area contributed by atoms with Crippen LogP contribution in [0.5, 0.6) is 0 Å². The van der Waals surface area contributed by atoms with Crippen molar-refractivity contribution in [2.75, 3.05) is 26.2 Å². The fourth-order valence-electron chi connectivity index (χ4n) is 3.33. The zero-order chi connectivity index (χ0) is 18.6. The second-order valence-electron chi connectivity index (χ2n) is 6.76. The Morgan fingerprint density at radius 2 is 1.78 bits per heavy atom. The smallest absolute Gasteiger partial charge is 0.235 e. The molecule has 2 aromatic heterocycles. The molecule has 1 fully saturated rings. The summed E-state index contributed by atoms with van der Waals surface area (Å²) in [4.78, 5) is 17.2. The first-order valence-corrected chi connectivity index (χ1v) is 10.1. The number of hydrogen-bond acceptors (Lipinski definition) is 5. The van der Waals surface area contributed by atoms with E-state index in [-0.39, 0.29) is 11.2 Å². The average Bonchev–Trinajstić information content (AvgIpc) is 3.12. The number of carbonyl (C=O) groups is 1. The van der Waals surface area contributed by atoms with Gasteiger partial charge in [-0.25, -0.2) is 0 Å². The highest BCUT2D eigenvalue weighted by Gasteiger charge is 2.26. The van der Waals surface area contributed by atoms with Gasteiger partial charge in [0.2, 0.25) is 5.91 Å². The number of carbonyl (C=O) groups excluding carboxylic acids is 1. The van der Waals surface area contributed by atoms with E-state index in [0.717, 1.165) is 43.5 Å². The molecule has 0 radical (unpaired) electrons. The Morgan fingerprint density at radius 3 is 2.56 bits per heavy atom. The number of amides is 1. The maximum atomic E-state index is 12.9. The van der Waals surface area contributed by atoms with E-state index in [1.165, 1.54) is 17.3 Å². The number of rotatable bonds is 5. The van der Waals surface area contributed by atoms with Crippen LogP contribution in [0.1, 0.15) is 12.5 Å². The predicted molar refractivity (Wildman–Crippen MR) is 107 cm³/mol. The van der Waals surface area contributed by atoms with Crippen molar-refractivity contribution >= 4 is 23.3 Å². The zero-order valence-corrected chi connectivity index (χ0v) is 16.2. The molecule has 3 heterocycles. The number of benzene rings is 1. The summed E-state index contributed by atoms with van der Waals surface area (Å²) in [6.07, 6.45) is 1.93. The molecule has 1 amide bonds. The van der Waals surface area contributed by atoms with Crippen LogP contribution in [0.4, 0.5) is 0 Å². The lowest BCUT2D eigenvalue weighted by atomic mass is 10.2. The van der Waals surface area contributed by atoms with Crippen molar-refractivity contribution in [1.29, 1.82) is 0 Å². The van der Waals surface area contributed by atoms with E-state index < -0.39 is 0 Å². The van der Waals surface area contributed by atoms with Crippen molar-refractivity contribution < 1.29 is 4.79 Å². The van der Waals surface area contributed by atoms with Crippen LogP contribution in [0.15, 0.2) is 59.9 Å². The van der Waals surface area contributed by atoms with Gasteiger partial charge in [0.1, 0.15) is 0 Å². The van der Waals surface area contributed by atoms with Crippen molar-refractivity contribution in [1.82, 2.24) is 24.4 Å². The molecule has 0 spiro atoms. The highest BCUT2D eigenvalue weighted by Crippen LogP contribution is 2.24. The first-order chi connectivity index (χ1) is 13.2. The molecule has 6 nitrogen and oxygen atoms in total. The molecule has 1 unspecified atom stereocenters. The molecule has 0 bridgehead atoms. The molecule has 1 aliphatic heterocycles. The van der Waals surface area contributed by atoms with Crippen LogP contribution >= 0.6 is 11.8 Å². The molecule has 0 aliphatic carbocycles. The molecule has 4 rings (SSSR count). The SMILES string of the molecule is CC(Sc1nnc2ccccn12)C(=O)N1CCN(Cc2ccccc2)CC1. The topological polar surface area (TPSA) is 53.7 Å². The minimum Gasteiger partial charge on any atom is -0.339 e. The number of aromatic nitrogens is 3. The Balaban J connectivity index is 1.32. The van der Waals surface area contributed by atoms with E-state index in [1.807, 2.05) is 46.7 Å². The average molecular weight is 382 g/mol. The first-order valence-electron chi connectivity index (χ1n) is 9.22. The Labute approximate surface area is 163 Å². The minimum absolute atomic E-state index is 0.173. The molecular weight excluding hydrogens is 358 g/mol. The summed E-state index contributed by atoms with van der Waals surface area (Å²) in [5, 5.41) is 8.95. The second-order valence-corrected chi connectivity index (χ2v) is 8.07. The lowest BCUT2D eigenvalue weighted by Crippen LogP contribution is -2.50. The van der Waals surface area contributed by atoms with Crippen molar-refractivity contribution in [3.05, 3.63) is 60.3 Å². The van der Waals surface area contributed by atoms with E-state index >= 15 is 0 Å². The van der Waals surface area contributed by atoms with Gasteiger partial charge < -0.3 is 4.90 Å². The van der Waals surface area contributed by atoms with Gasteiger partial charge in [-0.1, -0.05) is 48.2 Å². The maximum absolute atomic E-state index is 12.9. The van der Waals surface area contributed by atoms with E-state index in [0.29, 0.717) is 0 Å². The van der Waals surface area contributed by atoms with Gasteiger partial charge in [0.25, 0.3) is 0 Å². The van der Waals surface area contributed by atoms with Crippen molar-refractivity contribution in [3.8, 4) is 0 Å². The van der Waals surface area contributed by atoms with E-state index in [9.17, 15) is 4.79 Å². The van der Waals surface area contributed by atoms with Gasteiger partial charge in [-0.15, -0.1) is 10.2 Å². The Hall–Kier alpha value is -2.38. The summed E-state index contributed by atoms with van der Waals surface area (Å²) in [5.74, 6) is 0.173. The first kappa shape index (κ1) is 18.0. The maximum Gasteiger partial charge on any atom is 0.235 e. The van der Waals surface area contributed by atoms with Crippen LogP contribution in [0.2, 0.25) is 0 Å². The highest BCUT2D eigenvalue weighted by atomic mass is 32.2. The Bertz CT molecular complexity index is 905. The fourth-order valence-corrected chi connectivity index (χ4v) is 4.26. The molecule has 7 heteroatoms. The van der Waals surface area contributed by atoms with Crippen molar-refractivity contribution in [3.63, 3.8) is 0 Å². The molecule has 1 atom stereocenters. The van der Waals surface area contributed by atoms with E-state index in [4.69, 9.17) is 0 Å². The quantitative estimate of drug-likeness (QED) is 0.636. The van der Waals surface area contributed by atoms with Gasteiger partial charge in [-0.05, 0) is 24.6 Å². The molecule has 140 valence electrons. The molecule has 27 heavy (non-hydrogen) atoms. The number of thioether (sulfide) groups is 1. The lowest BCUT2D eigenvalue weighted by molar-refractivity contribution is -0.132. The summed E-state index contributed by atoms with van der Waals surface area (Å²) in [5.41, 5.74) is 2.12. The number of fused-ring (bicyclic) bond motifs is 1. The van der Waals surface area contributed by atoms with Crippen LogP contribution in [-0.2, 0) is 11.3 Å². The Kier molecular flexibility index (Phi) is 5.40. The number of nitrogens with zero attached hydrogens (tertiary/aromatic N) is 5. The molecule has 3 aromatic rings. The molecular formula is C20H23N5OS. The zero-order valence-electron chi connectivity index (χ0n) is 15.4. The lowest BCUT2D eigenvalue weighted by Gasteiger charge is -2.35. The third-order valence-electron chi connectivity index (χ3n) is 4.85. The molecule has 0 saturated carbocycles. The normalized spacial score (nSPS) is 16.6. The number of pyridine rings is 1. The van der Waals surface area contributed by atoms with E-state index in [2.05, 4.69) is 39.4 Å². The van der Waals surface area contributed by atoms with Gasteiger partial charge in [0.15, 0.2) is 10.8 Å². The number of piperazine rings is 1. The summed E-state index contributed by atoms with van der Waals surface area (Å²) in [6.45, 7) is 6.26. The molecule has 1 saturated heterocycles. The minimum atomic E-state index is -0.182. The van der Waals surface area contributed by atoms with Gasteiger partial charge in [0, 0.05) is 38.9 Å².